The molecule has 0 amide bonds. The van der Waals surface area contributed by atoms with Crippen molar-refractivity contribution in [1.82, 2.24) is 5.32 Å². The monoisotopic (exact) mass is 289 g/mol. The molecular formula is C18H27NO2. The Morgan fingerprint density at radius 2 is 2.05 bits per heavy atom. The van der Waals surface area contributed by atoms with E-state index in [0.717, 1.165) is 17.7 Å². The first-order valence-electron chi connectivity index (χ1n) is 8.27. The lowest BCUT2D eigenvalue weighted by atomic mass is 9.93. The maximum atomic E-state index is 9.85. The van der Waals surface area contributed by atoms with Crippen molar-refractivity contribution in [2.45, 2.75) is 70.1 Å². The number of aliphatic hydroxyl groups is 1. The van der Waals surface area contributed by atoms with Gasteiger partial charge < -0.3 is 15.2 Å². The van der Waals surface area contributed by atoms with Crippen LogP contribution in [0.5, 0.6) is 5.75 Å². The van der Waals surface area contributed by atoms with Crippen LogP contribution in [0.1, 0.15) is 63.1 Å². The van der Waals surface area contributed by atoms with E-state index in [2.05, 4.69) is 37.4 Å². The standard InChI is InChI=1S/C18H27NO2/c1-18(2)11-13-7-6-10-15(17(13)21-18)16(12-20)19-14-8-4-3-5-9-14/h6-7,10,14,16,19-20H,3-5,8-9,11-12H2,1-2H3. The molecule has 0 spiro atoms. The third-order valence-electron chi connectivity index (χ3n) is 4.72. The smallest absolute Gasteiger partial charge is 0.128 e. The molecular weight excluding hydrogens is 262 g/mol. The van der Waals surface area contributed by atoms with E-state index in [1.165, 1.54) is 37.7 Å². The molecule has 2 aliphatic rings. The van der Waals surface area contributed by atoms with Gasteiger partial charge in [0.25, 0.3) is 0 Å². The number of nitrogens with one attached hydrogen (secondary N) is 1. The van der Waals surface area contributed by atoms with Crippen molar-refractivity contribution in [1.29, 1.82) is 0 Å². The summed E-state index contributed by atoms with van der Waals surface area (Å²) in [4.78, 5) is 0. The van der Waals surface area contributed by atoms with Crippen LogP contribution in [-0.4, -0.2) is 23.4 Å². The van der Waals surface area contributed by atoms with Crippen molar-refractivity contribution in [3.8, 4) is 5.75 Å². The van der Waals surface area contributed by atoms with E-state index in [1.807, 2.05) is 0 Å². The summed E-state index contributed by atoms with van der Waals surface area (Å²) >= 11 is 0. The normalized spacial score (nSPS) is 22.6. The van der Waals surface area contributed by atoms with Gasteiger partial charge in [-0.2, -0.15) is 0 Å². The number of hydrogen-bond acceptors (Lipinski definition) is 3. The summed E-state index contributed by atoms with van der Waals surface area (Å²) < 4.78 is 6.15. The Morgan fingerprint density at radius 3 is 2.76 bits per heavy atom. The van der Waals surface area contributed by atoms with Crippen LogP contribution in [0.2, 0.25) is 0 Å². The highest BCUT2D eigenvalue weighted by molar-refractivity contribution is 5.47. The average Bonchev–Trinajstić information content (AvgIpc) is 2.79. The summed E-state index contributed by atoms with van der Waals surface area (Å²) in [6.45, 7) is 4.37. The summed E-state index contributed by atoms with van der Waals surface area (Å²) in [7, 11) is 0. The summed E-state index contributed by atoms with van der Waals surface area (Å²) in [5, 5.41) is 13.5. The van der Waals surface area contributed by atoms with Gasteiger partial charge in [0, 0.05) is 18.0 Å². The van der Waals surface area contributed by atoms with Gasteiger partial charge in [-0.25, -0.2) is 0 Å². The highest BCUT2D eigenvalue weighted by Gasteiger charge is 2.33. The summed E-state index contributed by atoms with van der Waals surface area (Å²) in [5.41, 5.74) is 2.25. The molecule has 3 nitrogen and oxygen atoms in total. The van der Waals surface area contributed by atoms with E-state index in [9.17, 15) is 5.11 Å². The van der Waals surface area contributed by atoms with Crippen molar-refractivity contribution in [3.63, 3.8) is 0 Å². The molecule has 0 saturated heterocycles. The fourth-order valence-corrected chi connectivity index (χ4v) is 3.71. The Balaban J connectivity index is 1.80. The quantitative estimate of drug-likeness (QED) is 0.893. The van der Waals surface area contributed by atoms with Gasteiger partial charge in [0.15, 0.2) is 0 Å². The maximum absolute atomic E-state index is 9.85. The number of rotatable bonds is 4. The SMILES string of the molecule is CC1(C)Cc2cccc(C(CO)NC3CCCCC3)c2O1. The van der Waals surface area contributed by atoms with Crippen LogP contribution in [-0.2, 0) is 6.42 Å². The highest BCUT2D eigenvalue weighted by Crippen LogP contribution is 2.40. The zero-order chi connectivity index (χ0) is 14.9. The molecule has 0 radical (unpaired) electrons. The second-order valence-electron chi connectivity index (χ2n) is 7.11. The molecule has 1 unspecified atom stereocenters. The van der Waals surface area contributed by atoms with Gasteiger partial charge in [-0.05, 0) is 32.3 Å². The minimum atomic E-state index is -0.136. The molecule has 1 aromatic rings. The predicted molar refractivity (Wildman–Crippen MR) is 84.7 cm³/mol. The Morgan fingerprint density at radius 1 is 1.29 bits per heavy atom. The van der Waals surface area contributed by atoms with Gasteiger partial charge in [-0.3, -0.25) is 0 Å². The number of benzene rings is 1. The average molecular weight is 289 g/mol. The number of hydrogen-bond donors (Lipinski definition) is 2. The molecule has 3 heteroatoms. The lowest BCUT2D eigenvalue weighted by molar-refractivity contribution is 0.134. The number of fused-ring (bicyclic) bond motifs is 1. The molecule has 1 aliphatic heterocycles. The van der Waals surface area contributed by atoms with Crippen LogP contribution < -0.4 is 10.1 Å². The first-order valence-corrected chi connectivity index (χ1v) is 8.27. The third-order valence-corrected chi connectivity index (χ3v) is 4.72. The fourth-order valence-electron chi connectivity index (χ4n) is 3.71. The molecule has 0 aromatic heterocycles. The van der Waals surface area contributed by atoms with Crippen LogP contribution in [0.3, 0.4) is 0 Å². The molecule has 1 fully saturated rings. The number of aliphatic hydroxyl groups excluding tert-OH is 1. The molecule has 116 valence electrons. The Kier molecular flexibility index (Phi) is 4.23. The third kappa shape index (κ3) is 3.24. The fraction of sp³-hybridized carbons (Fsp3) is 0.667. The first-order chi connectivity index (χ1) is 10.1. The zero-order valence-corrected chi connectivity index (χ0v) is 13.2. The van der Waals surface area contributed by atoms with Gasteiger partial charge in [-0.15, -0.1) is 0 Å². The topological polar surface area (TPSA) is 41.5 Å². The van der Waals surface area contributed by atoms with E-state index in [-0.39, 0.29) is 18.2 Å². The number of para-hydroxylation sites is 1. The lowest BCUT2D eigenvalue weighted by Crippen LogP contribution is -2.36. The van der Waals surface area contributed by atoms with E-state index >= 15 is 0 Å². The second kappa shape index (κ2) is 5.98. The van der Waals surface area contributed by atoms with Crippen molar-refractivity contribution in [2.24, 2.45) is 0 Å². The van der Waals surface area contributed by atoms with Crippen molar-refractivity contribution >= 4 is 0 Å². The van der Waals surface area contributed by atoms with Gasteiger partial charge >= 0.3 is 0 Å². The highest BCUT2D eigenvalue weighted by atomic mass is 16.5. The Hall–Kier alpha value is -1.06. The van der Waals surface area contributed by atoms with Crippen molar-refractivity contribution < 1.29 is 9.84 Å². The van der Waals surface area contributed by atoms with E-state index < -0.39 is 0 Å². The zero-order valence-electron chi connectivity index (χ0n) is 13.2. The molecule has 3 rings (SSSR count). The molecule has 0 bridgehead atoms. The number of ether oxygens (including phenoxy) is 1. The van der Waals surface area contributed by atoms with E-state index in [0.29, 0.717) is 6.04 Å². The first kappa shape index (κ1) is 14.9. The van der Waals surface area contributed by atoms with Gasteiger partial charge in [0.2, 0.25) is 0 Å². The molecule has 1 aliphatic carbocycles. The van der Waals surface area contributed by atoms with Gasteiger partial charge in [0.05, 0.1) is 12.6 Å². The molecule has 1 aromatic carbocycles. The van der Waals surface area contributed by atoms with E-state index in [4.69, 9.17) is 4.74 Å². The summed E-state index contributed by atoms with van der Waals surface area (Å²) in [6.07, 6.45) is 7.33. The maximum Gasteiger partial charge on any atom is 0.128 e. The van der Waals surface area contributed by atoms with Crippen LogP contribution in [0.25, 0.3) is 0 Å². The summed E-state index contributed by atoms with van der Waals surface area (Å²) in [5.74, 6) is 0.991. The summed E-state index contributed by atoms with van der Waals surface area (Å²) in [6, 6.07) is 6.84. The molecule has 1 saturated carbocycles. The van der Waals surface area contributed by atoms with Crippen LogP contribution in [0.4, 0.5) is 0 Å². The minimum Gasteiger partial charge on any atom is -0.487 e. The Labute approximate surface area is 127 Å². The molecule has 1 atom stereocenters. The second-order valence-corrected chi connectivity index (χ2v) is 7.11. The Bertz CT molecular complexity index is 492. The van der Waals surface area contributed by atoms with E-state index in [1.54, 1.807) is 0 Å². The molecule has 2 N–H and O–H groups in total. The lowest BCUT2D eigenvalue weighted by Gasteiger charge is -2.29. The largest absolute Gasteiger partial charge is 0.487 e. The molecule has 1 heterocycles. The van der Waals surface area contributed by atoms with Crippen LogP contribution >= 0.6 is 0 Å². The van der Waals surface area contributed by atoms with Crippen LogP contribution in [0.15, 0.2) is 18.2 Å². The van der Waals surface area contributed by atoms with Gasteiger partial charge in [0.1, 0.15) is 11.4 Å². The minimum absolute atomic E-state index is 0.0167. The van der Waals surface area contributed by atoms with Crippen LogP contribution in [0, 0.1) is 0 Å². The van der Waals surface area contributed by atoms with Crippen molar-refractivity contribution in [3.05, 3.63) is 29.3 Å². The van der Waals surface area contributed by atoms with Crippen molar-refractivity contribution in [2.75, 3.05) is 6.61 Å². The molecule has 21 heavy (non-hydrogen) atoms. The van der Waals surface area contributed by atoms with Gasteiger partial charge in [-0.1, -0.05) is 37.5 Å². The predicted octanol–water partition coefficient (Wildman–Crippen LogP) is 3.36.